The molecule has 4 fully saturated rings. The third kappa shape index (κ3) is 13.1. The monoisotopic (exact) mass is 728 g/mol. The zero-order chi connectivity index (χ0) is 36.0. The van der Waals surface area contributed by atoms with E-state index in [0.717, 1.165) is 4.90 Å². The summed E-state index contributed by atoms with van der Waals surface area (Å²) in [5.41, 5.74) is 0. The molecule has 7 amide bonds. The van der Waals surface area contributed by atoms with Gasteiger partial charge in [0.15, 0.2) is 5.37 Å². The Bertz CT molecular complexity index is 1330. The number of carbonyl (C=O) groups is 8. The van der Waals surface area contributed by atoms with Crippen molar-refractivity contribution >= 4 is 57.4 Å². The minimum atomic E-state index is -4.25. The molecule has 0 aromatic rings. The molecule has 4 heterocycles. The molecule has 4 saturated heterocycles. The summed E-state index contributed by atoms with van der Waals surface area (Å²) in [6.45, 7) is -1.74. The first-order chi connectivity index (χ1) is 23.3. The second-order valence-electron chi connectivity index (χ2n) is 9.77. The van der Waals surface area contributed by atoms with Gasteiger partial charge in [0.1, 0.15) is 40.0 Å². The first-order valence-corrected chi connectivity index (χ1v) is 15.7. The van der Waals surface area contributed by atoms with Crippen molar-refractivity contribution in [2.45, 2.75) is 43.9 Å². The van der Waals surface area contributed by atoms with Crippen molar-refractivity contribution in [2.24, 2.45) is 0 Å². The average molecular weight is 729 g/mol. The van der Waals surface area contributed by atoms with Crippen molar-refractivity contribution < 1.29 is 94.9 Å². The number of nitrogens with zero attached hydrogens (tertiary/aromatic N) is 4. The van der Waals surface area contributed by atoms with Gasteiger partial charge in [0, 0.05) is 38.5 Å². The predicted molar refractivity (Wildman–Crippen MR) is 144 cm³/mol. The molecule has 24 nitrogen and oxygen atoms in total. The van der Waals surface area contributed by atoms with Crippen LogP contribution in [0.2, 0.25) is 0 Å². The lowest BCUT2D eigenvalue weighted by Gasteiger charge is -2.13. The van der Waals surface area contributed by atoms with Gasteiger partial charge in [-0.1, -0.05) is 0 Å². The maximum absolute atomic E-state index is 11.5. The summed E-state index contributed by atoms with van der Waals surface area (Å²) in [6, 6.07) is 0. The first-order valence-electron chi connectivity index (χ1n) is 14.2. The fourth-order valence-corrected chi connectivity index (χ4v) is 4.43. The van der Waals surface area contributed by atoms with Gasteiger partial charge in [-0.2, -0.15) is 8.42 Å². The van der Waals surface area contributed by atoms with Gasteiger partial charge in [0.25, 0.3) is 45.6 Å². The van der Waals surface area contributed by atoms with E-state index in [1.165, 1.54) is 0 Å². The lowest BCUT2D eigenvalue weighted by molar-refractivity contribution is -0.396. The van der Waals surface area contributed by atoms with Crippen LogP contribution in [0.3, 0.4) is 0 Å². The van der Waals surface area contributed by atoms with Crippen LogP contribution in [0, 0.1) is 0 Å². The van der Waals surface area contributed by atoms with Crippen molar-refractivity contribution in [2.75, 3.05) is 59.8 Å². The quantitative estimate of drug-likeness (QED) is 0.0243. The van der Waals surface area contributed by atoms with E-state index in [-0.39, 0.29) is 85.1 Å². The smallest absolute Gasteiger partial charge is 0.353 e. The van der Waals surface area contributed by atoms with Gasteiger partial charge in [-0.25, -0.2) is 14.6 Å². The molecule has 4 aliphatic heterocycles. The van der Waals surface area contributed by atoms with Crippen LogP contribution in [0.4, 0.5) is 0 Å². The van der Waals surface area contributed by atoms with Crippen LogP contribution in [0.5, 0.6) is 0 Å². The summed E-state index contributed by atoms with van der Waals surface area (Å²) in [5, 5.41) is 0.285. The van der Waals surface area contributed by atoms with Crippen LogP contribution in [0.25, 0.3) is 0 Å². The molecule has 0 spiro atoms. The molecule has 25 heteroatoms. The molecule has 49 heavy (non-hydrogen) atoms. The maximum atomic E-state index is 11.5. The summed E-state index contributed by atoms with van der Waals surface area (Å²) in [4.78, 5) is 114. The number of hydrogen-bond acceptors (Lipinski definition) is 19. The molecule has 1 atom stereocenters. The molecule has 0 bridgehead atoms. The summed E-state index contributed by atoms with van der Waals surface area (Å²) in [5.74, 6) is -4.61. The largest absolute Gasteiger partial charge is 0.358 e. The molecule has 274 valence electrons. The zero-order valence-corrected chi connectivity index (χ0v) is 26.4. The fourth-order valence-electron chi connectivity index (χ4n) is 3.64. The summed E-state index contributed by atoms with van der Waals surface area (Å²) < 4.78 is 49.8. The Balaban J connectivity index is 0.000000266. The molecule has 4 aliphatic rings. The molecule has 1 unspecified atom stereocenters. The highest BCUT2D eigenvalue weighted by Crippen LogP contribution is 2.22. The van der Waals surface area contributed by atoms with Crippen LogP contribution in [-0.2, 0) is 92.0 Å². The van der Waals surface area contributed by atoms with E-state index in [0.29, 0.717) is 15.2 Å². The standard InChI is InChI=1S/C13H16N2O10.C11H16N2O10S/c16-9-1-2-10(17)14(9)24-13(20)7-22-8-21-5-6-23-25-15-11(18)3-4-12(15)19;14-8-1-2-9(15)13(8)23-22-4-3-20-7-21-6-10(16)12-5-11(12)24(17,18)19/h1-8H2;11H,1-7H2,(H,17,18,19). The van der Waals surface area contributed by atoms with E-state index in [9.17, 15) is 46.8 Å². The Morgan fingerprint density at radius 2 is 1.02 bits per heavy atom. The van der Waals surface area contributed by atoms with Crippen LogP contribution in [0.1, 0.15) is 38.5 Å². The predicted octanol–water partition coefficient (Wildman–Crippen LogP) is -3.36. The molecule has 0 aliphatic carbocycles. The molecule has 4 rings (SSSR count). The normalized spacial score (nSPS) is 19.2. The topological polar surface area (TPSA) is 287 Å². The summed E-state index contributed by atoms with van der Waals surface area (Å²) in [7, 11) is -4.25. The Labute approximate surface area is 276 Å². The summed E-state index contributed by atoms with van der Waals surface area (Å²) >= 11 is 0. The van der Waals surface area contributed by atoms with Crippen molar-refractivity contribution in [1.82, 2.24) is 20.1 Å². The molecule has 1 N–H and O–H groups in total. The van der Waals surface area contributed by atoms with E-state index < -0.39 is 76.0 Å². The van der Waals surface area contributed by atoms with E-state index in [2.05, 4.69) is 24.6 Å². The zero-order valence-electron chi connectivity index (χ0n) is 25.6. The van der Waals surface area contributed by atoms with Crippen molar-refractivity contribution in [3.63, 3.8) is 0 Å². The van der Waals surface area contributed by atoms with Gasteiger partial charge in [0.2, 0.25) is 5.91 Å². The lowest BCUT2D eigenvalue weighted by atomic mass is 10.4. The number of ether oxygens (including phenoxy) is 4. The SMILES string of the molecule is O=C(COCOCCOON1C(=O)CCC1=O)ON1C(=O)CCC1=O.O=C1CCC(=O)N1OOCCOCOCC(=O)N1CC1S(=O)(=O)O. The minimum Gasteiger partial charge on any atom is -0.353 e. The van der Waals surface area contributed by atoms with Gasteiger partial charge in [0.05, 0.1) is 19.8 Å². The third-order valence-corrected chi connectivity index (χ3v) is 7.19. The highest BCUT2D eigenvalue weighted by Gasteiger charge is 2.47. The van der Waals surface area contributed by atoms with Gasteiger partial charge in [-0.15, -0.1) is 25.2 Å². The van der Waals surface area contributed by atoms with E-state index >= 15 is 0 Å². The van der Waals surface area contributed by atoms with Crippen LogP contribution in [0.15, 0.2) is 0 Å². The van der Waals surface area contributed by atoms with E-state index in [1.54, 1.807) is 0 Å². The van der Waals surface area contributed by atoms with E-state index in [4.69, 9.17) is 23.5 Å². The maximum Gasteiger partial charge on any atom is 0.358 e. The Hall–Kier alpha value is -4.05. The van der Waals surface area contributed by atoms with Crippen molar-refractivity contribution in [1.29, 1.82) is 0 Å². The molecule has 0 aromatic heterocycles. The molecule has 0 radical (unpaired) electrons. The third-order valence-electron chi connectivity index (χ3n) is 6.10. The molecular formula is C24H32N4O20S. The number of hydrogen-bond donors (Lipinski definition) is 1. The Morgan fingerprint density at radius 3 is 1.43 bits per heavy atom. The first kappa shape index (κ1) is 39.4. The number of imide groups is 3. The number of amides is 7. The molecular weight excluding hydrogens is 696 g/mol. The van der Waals surface area contributed by atoms with Gasteiger partial charge in [-0.3, -0.25) is 38.1 Å². The number of rotatable bonds is 20. The summed E-state index contributed by atoms with van der Waals surface area (Å²) in [6.07, 6.45) is 0.333. The van der Waals surface area contributed by atoms with Crippen LogP contribution < -0.4 is 0 Å². The van der Waals surface area contributed by atoms with Gasteiger partial charge < -0.3 is 28.7 Å². The Kier molecular flexibility index (Phi) is 15.4. The second kappa shape index (κ2) is 19.2. The average Bonchev–Trinajstić information content (AvgIpc) is 3.64. The lowest BCUT2D eigenvalue weighted by Crippen LogP contribution is -2.33. The van der Waals surface area contributed by atoms with Crippen LogP contribution in [-0.4, -0.2) is 146 Å². The molecule has 0 saturated carbocycles. The van der Waals surface area contributed by atoms with Gasteiger partial charge >= 0.3 is 5.97 Å². The molecule has 0 aromatic carbocycles. The van der Waals surface area contributed by atoms with Crippen molar-refractivity contribution in [3.05, 3.63) is 0 Å². The van der Waals surface area contributed by atoms with Crippen LogP contribution >= 0.6 is 0 Å². The second-order valence-corrected chi connectivity index (χ2v) is 11.3. The minimum absolute atomic E-state index is 0.00176. The highest BCUT2D eigenvalue weighted by molar-refractivity contribution is 7.86. The van der Waals surface area contributed by atoms with Gasteiger partial charge in [-0.05, 0) is 0 Å². The fraction of sp³-hybridized carbons (Fsp3) is 0.667. The number of hydroxylamine groups is 6. The highest BCUT2D eigenvalue weighted by atomic mass is 32.2. The van der Waals surface area contributed by atoms with E-state index in [1.807, 2.05) is 0 Å². The Morgan fingerprint density at radius 1 is 0.612 bits per heavy atom. The van der Waals surface area contributed by atoms with Crippen molar-refractivity contribution in [3.8, 4) is 0 Å². The number of carbonyl (C=O) groups excluding carboxylic acids is 8.